The molecule has 1 aliphatic carbocycles. The van der Waals surface area contributed by atoms with E-state index < -0.39 is 18.7 Å². The van der Waals surface area contributed by atoms with Crippen molar-refractivity contribution < 1.29 is 30.0 Å². The van der Waals surface area contributed by atoms with Crippen LogP contribution < -0.4 is 0 Å². The third kappa shape index (κ3) is 23.3. The van der Waals surface area contributed by atoms with Crippen LogP contribution in [0.1, 0.15) is 187 Å². The summed E-state index contributed by atoms with van der Waals surface area (Å²) in [5.74, 6) is 2.29. The molecule has 4 atom stereocenters. The first-order valence-corrected chi connectivity index (χ1v) is 18.1. The van der Waals surface area contributed by atoms with E-state index in [1.807, 2.05) is 0 Å². The molecule has 0 aromatic heterocycles. The Labute approximate surface area is 259 Å². The molecule has 6 heteroatoms. The summed E-state index contributed by atoms with van der Waals surface area (Å²) in [6.07, 6.45) is 32.9. The number of aliphatic hydroxyl groups is 2. The van der Waals surface area contributed by atoms with Gasteiger partial charge in [-0.3, -0.25) is 9.59 Å². The van der Waals surface area contributed by atoms with Gasteiger partial charge in [0.2, 0.25) is 0 Å². The van der Waals surface area contributed by atoms with Crippen molar-refractivity contribution in [2.45, 2.75) is 187 Å². The lowest BCUT2D eigenvalue weighted by molar-refractivity contribution is -0.138. The molecule has 0 bridgehead atoms. The van der Waals surface area contributed by atoms with Gasteiger partial charge < -0.3 is 20.4 Å². The summed E-state index contributed by atoms with van der Waals surface area (Å²) >= 11 is 0. The number of aliphatic carboxylic acids is 2. The highest BCUT2D eigenvalue weighted by molar-refractivity contribution is 5.66. The maximum atomic E-state index is 10.8. The molecule has 4 N–H and O–H groups in total. The molecule has 0 spiro atoms. The Morgan fingerprint density at radius 2 is 0.762 bits per heavy atom. The highest BCUT2D eigenvalue weighted by atomic mass is 16.5. The van der Waals surface area contributed by atoms with E-state index in [0.29, 0.717) is 12.8 Å². The fourth-order valence-corrected chi connectivity index (χ4v) is 7.39. The quantitative estimate of drug-likeness (QED) is 0.0552. The SMILES string of the molecule is CCCCCCCC1C(CCCCCCCC(=O)O)CCC(CCCCCC)C1CCCCCCCC(=O)O.OCO. The van der Waals surface area contributed by atoms with Gasteiger partial charge in [0, 0.05) is 12.8 Å². The number of aliphatic hydroxyl groups excluding tert-OH is 1. The van der Waals surface area contributed by atoms with Crippen LogP contribution in [0.15, 0.2) is 0 Å². The van der Waals surface area contributed by atoms with Crippen LogP contribution in [0.25, 0.3) is 0 Å². The Morgan fingerprint density at radius 1 is 0.476 bits per heavy atom. The van der Waals surface area contributed by atoms with E-state index in [2.05, 4.69) is 13.8 Å². The summed E-state index contributed by atoms with van der Waals surface area (Å²) in [6, 6.07) is 0. The monoisotopic (exact) mass is 599 g/mol. The lowest BCUT2D eigenvalue weighted by Crippen LogP contribution is -2.35. The van der Waals surface area contributed by atoms with Gasteiger partial charge in [-0.1, -0.05) is 136 Å². The molecule has 1 fully saturated rings. The van der Waals surface area contributed by atoms with Gasteiger partial charge in [-0.25, -0.2) is 0 Å². The van der Waals surface area contributed by atoms with Crippen molar-refractivity contribution in [3.8, 4) is 0 Å². The molecular formula is C36H70O6. The Hall–Kier alpha value is -1.14. The van der Waals surface area contributed by atoms with Crippen molar-refractivity contribution in [3.63, 3.8) is 0 Å². The van der Waals surface area contributed by atoms with Gasteiger partial charge in [0.25, 0.3) is 0 Å². The van der Waals surface area contributed by atoms with Crippen LogP contribution in [-0.2, 0) is 9.59 Å². The number of carboxylic acid groups (broad SMARTS) is 2. The molecular weight excluding hydrogens is 528 g/mol. The number of unbranched alkanes of at least 4 members (excludes halogenated alkanes) is 15. The van der Waals surface area contributed by atoms with Gasteiger partial charge in [0.15, 0.2) is 0 Å². The van der Waals surface area contributed by atoms with Crippen LogP contribution in [0, 0.1) is 23.7 Å². The molecule has 0 aromatic rings. The fraction of sp³-hybridized carbons (Fsp3) is 0.944. The van der Waals surface area contributed by atoms with E-state index in [-0.39, 0.29) is 0 Å². The summed E-state index contributed by atoms with van der Waals surface area (Å²) in [5, 5.41) is 32.0. The summed E-state index contributed by atoms with van der Waals surface area (Å²) in [6.45, 7) is 3.87. The molecule has 0 radical (unpaired) electrons. The molecule has 42 heavy (non-hydrogen) atoms. The average Bonchev–Trinajstić information content (AvgIpc) is 2.95. The second-order valence-corrected chi connectivity index (χ2v) is 13.0. The van der Waals surface area contributed by atoms with Crippen molar-refractivity contribution in [1.82, 2.24) is 0 Å². The second-order valence-electron chi connectivity index (χ2n) is 13.0. The lowest BCUT2D eigenvalue weighted by atomic mass is 9.61. The molecule has 1 saturated carbocycles. The van der Waals surface area contributed by atoms with Gasteiger partial charge >= 0.3 is 11.9 Å². The Bertz CT molecular complexity index is 610. The van der Waals surface area contributed by atoms with Crippen molar-refractivity contribution >= 4 is 11.9 Å². The topological polar surface area (TPSA) is 115 Å². The van der Waals surface area contributed by atoms with Crippen molar-refractivity contribution in [1.29, 1.82) is 0 Å². The smallest absolute Gasteiger partial charge is 0.303 e. The van der Waals surface area contributed by atoms with Crippen LogP contribution >= 0.6 is 0 Å². The number of hydrogen-bond acceptors (Lipinski definition) is 4. The largest absolute Gasteiger partial charge is 0.481 e. The fourth-order valence-electron chi connectivity index (χ4n) is 7.39. The Kier molecular flexibility index (Phi) is 29.1. The third-order valence-electron chi connectivity index (χ3n) is 9.63. The van der Waals surface area contributed by atoms with E-state index in [0.717, 1.165) is 49.4 Å². The minimum absolute atomic E-state index is 0.323. The van der Waals surface area contributed by atoms with E-state index >= 15 is 0 Å². The van der Waals surface area contributed by atoms with E-state index in [9.17, 15) is 9.59 Å². The Morgan fingerprint density at radius 3 is 1.12 bits per heavy atom. The minimum Gasteiger partial charge on any atom is -0.481 e. The first-order valence-electron chi connectivity index (χ1n) is 18.1. The molecule has 1 rings (SSSR count). The Balaban J connectivity index is 0.00000535. The molecule has 0 aliphatic heterocycles. The molecule has 1 aliphatic rings. The van der Waals surface area contributed by atoms with Crippen molar-refractivity contribution in [2.75, 3.05) is 6.79 Å². The van der Waals surface area contributed by atoms with E-state index in [4.69, 9.17) is 20.4 Å². The summed E-state index contributed by atoms with van der Waals surface area (Å²) in [4.78, 5) is 21.6. The molecule has 250 valence electrons. The summed E-state index contributed by atoms with van der Waals surface area (Å²) in [7, 11) is 0. The van der Waals surface area contributed by atoms with Gasteiger partial charge in [-0.2, -0.15) is 0 Å². The van der Waals surface area contributed by atoms with Gasteiger partial charge in [-0.05, 0) is 62.2 Å². The average molecular weight is 599 g/mol. The van der Waals surface area contributed by atoms with Gasteiger partial charge in [0.1, 0.15) is 6.79 Å². The highest BCUT2D eigenvalue weighted by Crippen LogP contribution is 2.47. The minimum atomic E-state index is -0.750. The predicted molar refractivity (Wildman–Crippen MR) is 175 cm³/mol. The second kappa shape index (κ2) is 29.9. The molecule has 0 saturated heterocycles. The molecule has 4 unspecified atom stereocenters. The van der Waals surface area contributed by atoms with Crippen LogP contribution in [0.3, 0.4) is 0 Å². The van der Waals surface area contributed by atoms with Crippen LogP contribution in [0.2, 0.25) is 0 Å². The van der Waals surface area contributed by atoms with Crippen molar-refractivity contribution in [2.24, 2.45) is 23.7 Å². The maximum Gasteiger partial charge on any atom is 0.303 e. The van der Waals surface area contributed by atoms with Gasteiger partial charge in [-0.15, -0.1) is 0 Å². The zero-order valence-corrected chi connectivity index (χ0v) is 27.7. The van der Waals surface area contributed by atoms with Crippen LogP contribution in [0.4, 0.5) is 0 Å². The zero-order chi connectivity index (χ0) is 31.3. The number of hydrogen-bond donors (Lipinski definition) is 4. The first kappa shape index (κ1) is 40.9. The summed E-state index contributed by atoms with van der Waals surface area (Å²) < 4.78 is 0. The third-order valence-corrected chi connectivity index (χ3v) is 9.63. The predicted octanol–water partition coefficient (Wildman–Crippen LogP) is 10.1. The maximum absolute atomic E-state index is 10.8. The number of rotatable bonds is 27. The lowest BCUT2D eigenvalue weighted by Gasteiger charge is -2.44. The molecule has 6 nitrogen and oxygen atoms in total. The zero-order valence-electron chi connectivity index (χ0n) is 27.7. The highest BCUT2D eigenvalue weighted by Gasteiger charge is 2.37. The van der Waals surface area contributed by atoms with Crippen molar-refractivity contribution in [3.05, 3.63) is 0 Å². The first-order chi connectivity index (χ1) is 20.4. The van der Waals surface area contributed by atoms with E-state index in [1.54, 1.807) is 0 Å². The standard InChI is InChI=1S/C35H66O4.CH4O2/c1-3-5-7-11-18-24-32-31(23-17-12-9-14-20-26-34(36)37)29-28-30(22-16-8-6-4-2)33(32)25-19-13-10-15-21-27-35(38)39;2-1-3/h30-33H,3-29H2,1-2H3,(H,36,37)(H,38,39);2-3H,1H2. The molecule has 0 amide bonds. The van der Waals surface area contributed by atoms with Gasteiger partial charge in [0.05, 0.1) is 0 Å². The normalized spacial score (nSPS) is 20.2. The number of carbonyl (C=O) groups is 2. The van der Waals surface area contributed by atoms with Crippen LogP contribution in [0.5, 0.6) is 0 Å². The molecule has 0 heterocycles. The van der Waals surface area contributed by atoms with Crippen LogP contribution in [-0.4, -0.2) is 39.2 Å². The number of carboxylic acids is 2. The van der Waals surface area contributed by atoms with E-state index in [1.165, 1.54) is 135 Å². The molecule has 0 aromatic carbocycles. The summed E-state index contributed by atoms with van der Waals surface area (Å²) in [5.41, 5.74) is 0.